The molecule has 6 nitrogen and oxygen atoms in total. The van der Waals surface area contributed by atoms with Crippen molar-refractivity contribution in [2.24, 2.45) is 0 Å². The molecule has 2 rings (SSSR count). The molecule has 0 aromatic carbocycles. The molecule has 2 heterocycles. The van der Waals surface area contributed by atoms with E-state index >= 15 is 0 Å². The Morgan fingerprint density at radius 2 is 2.44 bits per heavy atom. The van der Waals surface area contributed by atoms with Crippen LogP contribution in [0.1, 0.15) is 23.3 Å². The summed E-state index contributed by atoms with van der Waals surface area (Å²) in [5, 5.41) is 3.17. The summed E-state index contributed by atoms with van der Waals surface area (Å²) in [6.07, 6.45) is 3.50. The normalized spacial score (nSPS) is 21.1. The van der Waals surface area contributed by atoms with E-state index in [9.17, 15) is 9.59 Å². The molecule has 1 aliphatic heterocycles. The lowest BCUT2D eigenvalue weighted by Gasteiger charge is -2.32. The van der Waals surface area contributed by atoms with E-state index in [4.69, 9.17) is 0 Å². The van der Waals surface area contributed by atoms with E-state index in [1.165, 1.54) is 6.20 Å². The van der Waals surface area contributed by atoms with Crippen molar-refractivity contribution in [3.8, 4) is 0 Å². The molecule has 1 aromatic heterocycles. The van der Waals surface area contributed by atoms with Crippen molar-refractivity contribution < 1.29 is 4.79 Å². The number of piperidine rings is 1. The Kier molecular flexibility index (Phi) is 3.09. The number of likely N-dealkylation sites (N-methyl/N-ethyl adjacent to an activating group) is 1. The van der Waals surface area contributed by atoms with Crippen molar-refractivity contribution >= 4 is 5.91 Å². The molecule has 88 valence electrons. The van der Waals surface area contributed by atoms with E-state index < -0.39 is 0 Å². The molecule has 1 fully saturated rings. The molecule has 1 amide bonds. The van der Waals surface area contributed by atoms with Crippen LogP contribution in [0.2, 0.25) is 0 Å². The highest BCUT2D eigenvalue weighted by Crippen LogP contribution is 2.11. The molecular weight excluding hydrogens is 208 g/mol. The predicted molar refractivity (Wildman–Crippen MR) is 59.4 cm³/mol. The van der Waals surface area contributed by atoms with Gasteiger partial charge in [-0.05, 0) is 19.9 Å². The lowest BCUT2D eigenvalue weighted by atomic mass is 10.1. The Morgan fingerprint density at radius 3 is 3.06 bits per heavy atom. The SMILES string of the molecule is CNC1CCCN(C(=O)c2c[nH]c(=O)[nH]2)C1. The zero-order valence-corrected chi connectivity index (χ0v) is 9.25. The number of imidazole rings is 1. The van der Waals surface area contributed by atoms with Crippen LogP contribution in [-0.2, 0) is 0 Å². The van der Waals surface area contributed by atoms with Crippen LogP contribution in [0.25, 0.3) is 0 Å². The number of aromatic nitrogens is 2. The van der Waals surface area contributed by atoms with Crippen LogP contribution in [0, 0.1) is 0 Å². The molecule has 0 saturated carbocycles. The summed E-state index contributed by atoms with van der Waals surface area (Å²) >= 11 is 0. The first-order valence-corrected chi connectivity index (χ1v) is 5.45. The van der Waals surface area contributed by atoms with Crippen LogP contribution in [0.5, 0.6) is 0 Å². The Labute approximate surface area is 93.0 Å². The van der Waals surface area contributed by atoms with Gasteiger partial charge in [-0.15, -0.1) is 0 Å². The first-order chi connectivity index (χ1) is 7.70. The van der Waals surface area contributed by atoms with Gasteiger partial charge in [0, 0.05) is 25.3 Å². The molecule has 1 atom stereocenters. The summed E-state index contributed by atoms with van der Waals surface area (Å²) in [5.41, 5.74) is -0.00715. The van der Waals surface area contributed by atoms with E-state index in [1.807, 2.05) is 7.05 Å². The van der Waals surface area contributed by atoms with Gasteiger partial charge in [-0.2, -0.15) is 0 Å². The molecule has 3 N–H and O–H groups in total. The third-order valence-corrected chi connectivity index (χ3v) is 2.94. The molecule has 16 heavy (non-hydrogen) atoms. The van der Waals surface area contributed by atoms with Gasteiger partial charge < -0.3 is 20.2 Å². The predicted octanol–water partition coefficient (Wildman–Crippen LogP) is -0.473. The number of aromatic amines is 2. The minimum absolute atomic E-state index is 0.113. The van der Waals surface area contributed by atoms with Gasteiger partial charge in [-0.25, -0.2) is 4.79 Å². The fourth-order valence-corrected chi connectivity index (χ4v) is 2.01. The quantitative estimate of drug-likeness (QED) is 0.635. The van der Waals surface area contributed by atoms with Gasteiger partial charge in [-0.1, -0.05) is 0 Å². The highest BCUT2D eigenvalue weighted by atomic mass is 16.2. The minimum Gasteiger partial charge on any atom is -0.336 e. The number of hydrogen-bond donors (Lipinski definition) is 3. The molecule has 1 unspecified atom stereocenters. The second-order valence-electron chi connectivity index (χ2n) is 4.04. The van der Waals surface area contributed by atoms with Gasteiger partial charge in [-0.3, -0.25) is 4.79 Å². The van der Waals surface area contributed by atoms with E-state index in [0.29, 0.717) is 18.3 Å². The van der Waals surface area contributed by atoms with E-state index in [0.717, 1.165) is 19.4 Å². The average Bonchev–Trinajstić information content (AvgIpc) is 2.75. The molecule has 0 bridgehead atoms. The Morgan fingerprint density at radius 1 is 1.62 bits per heavy atom. The minimum atomic E-state index is -0.342. The highest BCUT2D eigenvalue weighted by Gasteiger charge is 2.24. The molecule has 6 heteroatoms. The summed E-state index contributed by atoms with van der Waals surface area (Å²) in [6.45, 7) is 1.45. The van der Waals surface area contributed by atoms with Gasteiger partial charge >= 0.3 is 5.69 Å². The summed E-state index contributed by atoms with van der Waals surface area (Å²) in [4.78, 5) is 29.6. The Bertz CT molecular complexity index is 422. The van der Waals surface area contributed by atoms with Crippen LogP contribution in [-0.4, -0.2) is 47.0 Å². The van der Waals surface area contributed by atoms with E-state index in [-0.39, 0.29) is 11.6 Å². The maximum Gasteiger partial charge on any atom is 0.323 e. The summed E-state index contributed by atoms with van der Waals surface area (Å²) < 4.78 is 0. The monoisotopic (exact) mass is 224 g/mol. The number of nitrogens with one attached hydrogen (secondary N) is 3. The van der Waals surface area contributed by atoms with Crippen LogP contribution < -0.4 is 11.0 Å². The van der Waals surface area contributed by atoms with Crippen molar-refractivity contribution in [2.45, 2.75) is 18.9 Å². The largest absolute Gasteiger partial charge is 0.336 e. The van der Waals surface area contributed by atoms with Crippen LogP contribution in [0.4, 0.5) is 0 Å². The number of carbonyl (C=O) groups excluding carboxylic acids is 1. The van der Waals surface area contributed by atoms with Gasteiger partial charge in [0.25, 0.3) is 5.91 Å². The summed E-state index contributed by atoms with van der Waals surface area (Å²) in [5.74, 6) is -0.113. The molecular formula is C10H16N4O2. The van der Waals surface area contributed by atoms with E-state index in [2.05, 4.69) is 15.3 Å². The maximum atomic E-state index is 12.0. The zero-order valence-electron chi connectivity index (χ0n) is 9.25. The topological polar surface area (TPSA) is 81.0 Å². The molecule has 1 saturated heterocycles. The fraction of sp³-hybridized carbons (Fsp3) is 0.600. The number of likely N-dealkylation sites (tertiary alicyclic amines) is 1. The van der Waals surface area contributed by atoms with Crippen molar-refractivity contribution in [1.29, 1.82) is 0 Å². The third-order valence-electron chi connectivity index (χ3n) is 2.94. The number of nitrogens with zero attached hydrogens (tertiary/aromatic N) is 1. The molecule has 0 aliphatic carbocycles. The number of hydrogen-bond acceptors (Lipinski definition) is 3. The first kappa shape index (κ1) is 10.9. The van der Waals surface area contributed by atoms with Crippen molar-refractivity contribution in [1.82, 2.24) is 20.2 Å². The number of rotatable bonds is 2. The smallest absolute Gasteiger partial charge is 0.323 e. The van der Waals surface area contributed by atoms with Crippen LogP contribution in [0.15, 0.2) is 11.0 Å². The maximum absolute atomic E-state index is 12.0. The lowest BCUT2D eigenvalue weighted by Crippen LogP contribution is -2.47. The molecule has 1 aromatic rings. The van der Waals surface area contributed by atoms with Crippen LogP contribution in [0.3, 0.4) is 0 Å². The van der Waals surface area contributed by atoms with Gasteiger partial charge in [0.05, 0.1) is 0 Å². The van der Waals surface area contributed by atoms with E-state index in [1.54, 1.807) is 4.90 Å². The lowest BCUT2D eigenvalue weighted by molar-refractivity contribution is 0.0692. The third kappa shape index (κ3) is 2.16. The number of carbonyl (C=O) groups is 1. The van der Waals surface area contributed by atoms with Crippen molar-refractivity contribution in [3.05, 3.63) is 22.4 Å². The standard InChI is InChI=1S/C10H16N4O2/c1-11-7-3-2-4-14(6-7)9(15)8-5-12-10(16)13-8/h5,7,11H,2-4,6H2,1H3,(H2,12,13,16). The van der Waals surface area contributed by atoms with Crippen molar-refractivity contribution in [2.75, 3.05) is 20.1 Å². The fourth-order valence-electron chi connectivity index (χ4n) is 2.01. The Balaban J connectivity index is 2.07. The molecule has 0 spiro atoms. The summed E-state index contributed by atoms with van der Waals surface area (Å²) in [6, 6.07) is 0.350. The Hall–Kier alpha value is -1.56. The highest BCUT2D eigenvalue weighted by molar-refractivity contribution is 5.92. The zero-order chi connectivity index (χ0) is 11.5. The molecule has 1 aliphatic rings. The molecule has 0 radical (unpaired) electrons. The second-order valence-corrected chi connectivity index (χ2v) is 4.04. The second kappa shape index (κ2) is 4.52. The van der Waals surface area contributed by atoms with Crippen LogP contribution >= 0.6 is 0 Å². The first-order valence-electron chi connectivity index (χ1n) is 5.45. The van der Waals surface area contributed by atoms with Gasteiger partial charge in [0.2, 0.25) is 0 Å². The number of H-pyrrole nitrogens is 2. The number of amides is 1. The average molecular weight is 224 g/mol. The van der Waals surface area contributed by atoms with Gasteiger partial charge in [0.1, 0.15) is 5.69 Å². The van der Waals surface area contributed by atoms with Gasteiger partial charge in [0.15, 0.2) is 0 Å². The van der Waals surface area contributed by atoms with Crippen molar-refractivity contribution in [3.63, 3.8) is 0 Å². The summed E-state index contributed by atoms with van der Waals surface area (Å²) in [7, 11) is 1.90.